The minimum absolute atomic E-state index is 0.409. The van der Waals surface area contributed by atoms with Gasteiger partial charge in [0.15, 0.2) is 0 Å². The maximum Gasteiger partial charge on any atom is 0.0951 e. The van der Waals surface area contributed by atoms with Gasteiger partial charge in [-0.25, -0.2) is 4.98 Å². The van der Waals surface area contributed by atoms with Crippen molar-refractivity contribution in [3.63, 3.8) is 0 Å². The fourth-order valence-corrected chi connectivity index (χ4v) is 2.13. The zero-order valence-corrected chi connectivity index (χ0v) is 12.1. The van der Waals surface area contributed by atoms with Gasteiger partial charge in [-0.1, -0.05) is 0 Å². The molecule has 5 nitrogen and oxygen atoms in total. The predicted molar refractivity (Wildman–Crippen MR) is 73.5 cm³/mol. The summed E-state index contributed by atoms with van der Waals surface area (Å²) in [6, 6.07) is 0.409. The lowest BCUT2D eigenvalue weighted by Crippen LogP contribution is -2.45. The second-order valence-corrected chi connectivity index (χ2v) is 5.72. The van der Waals surface area contributed by atoms with Gasteiger partial charge in [-0.3, -0.25) is 0 Å². The molecule has 0 bridgehead atoms. The molecule has 0 aliphatic carbocycles. The number of aromatic nitrogens is 2. The highest BCUT2D eigenvalue weighted by Gasteiger charge is 2.20. The molecule has 1 aromatic rings. The van der Waals surface area contributed by atoms with Crippen LogP contribution in [0.25, 0.3) is 0 Å². The van der Waals surface area contributed by atoms with E-state index in [4.69, 9.17) is 0 Å². The molecule has 1 heterocycles. The standard InChI is InChI=1S/C13H26N4O/c1-11(2)17-10-15-7-12(17)6-14-8-13(3,18)9-16(4)5/h7,10-11,14,18H,6,8-9H2,1-5H3. The van der Waals surface area contributed by atoms with E-state index >= 15 is 0 Å². The Balaban J connectivity index is 2.44. The van der Waals surface area contributed by atoms with Crippen molar-refractivity contribution in [2.45, 2.75) is 39.0 Å². The van der Waals surface area contributed by atoms with E-state index in [-0.39, 0.29) is 0 Å². The van der Waals surface area contributed by atoms with E-state index < -0.39 is 5.60 Å². The van der Waals surface area contributed by atoms with Gasteiger partial charge in [-0.05, 0) is 34.9 Å². The molecule has 0 radical (unpaired) electrons. The molecule has 0 aliphatic rings. The topological polar surface area (TPSA) is 53.3 Å². The van der Waals surface area contributed by atoms with Gasteiger partial charge in [-0.15, -0.1) is 0 Å². The van der Waals surface area contributed by atoms with Crippen LogP contribution in [-0.2, 0) is 6.54 Å². The lowest BCUT2D eigenvalue weighted by molar-refractivity contribution is 0.0334. The molecular weight excluding hydrogens is 228 g/mol. The molecule has 1 unspecified atom stereocenters. The average molecular weight is 254 g/mol. The Labute approximate surface area is 110 Å². The van der Waals surface area contributed by atoms with Crippen LogP contribution in [0.5, 0.6) is 0 Å². The van der Waals surface area contributed by atoms with Crippen LogP contribution in [0.3, 0.4) is 0 Å². The first kappa shape index (κ1) is 15.1. The van der Waals surface area contributed by atoms with Crippen molar-refractivity contribution in [1.82, 2.24) is 19.8 Å². The third-order valence-electron chi connectivity index (χ3n) is 2.77. The number of nitrogens with one attached hydrogen (secondary N) is 1. The number of rotatable bonds is 7. The van der Waals surface area contributed by atoms with Crippen molar-refractivity contribution in [2.75, 3.05) is 27.2 Å². The maximum atomic E-state index is 10.2. The highest BCUT2D eigenvalue weighted by Crippen LogP contribution is 2.09. The summed E-state index contributed by atoms with van der Waals surface area (Å²) in [5.74, 6) is 0. The maximum absolute atomic E-state index is 10.2. The summed E-state index contributed by atoms with van der Waals surface area (Å²) in [5, 5.41) is 13.5. The molecule has 2 N–H and O–H groups in total. The molecule has 0 saturated carbocycles. The van der Waals surface area contributed by atoms with Crippen molar-refractivity contribution >= 4 is 0 Å². The van der Waals surface area contributed by atoms with E-state index in [0.717, 1.165) is 12.2 Å². The molecule has 1 aromatic heterocycles. The highest BCUT2D eigenvalue weighted by atomic mass is 16.3. The molecule has 1 rings (SSSR count). The van der Waals surface area contributed by atoms with Crippen LogP contribution < -0.4 is 5.32 Å². The zero-order valence-electron chi connectivity index (χ0n) is 12.1. The fourth-order valence-electron chi connectivity index (χ4n) is 2.13. The first-order valence-electron chi connectivity index (χ1n) is 6.40. The Hall–Kier alpha value is -0.910. The average Bonchev–Trinajstić information content (AvgIpc) is 2.63. The fraction of sp³-hybridized carbons (Fsp3) is 0.769. The van der Waals surface area contributed by atoms with Gasteiger partial charge in [0.2, 0.25) is 0 Å². The summed E-state index contributed by atoms with van der Waals surface area (Å²) in [5.41, 5.74) is 0.428. The molecule has 0 fully saturated rings. The van der Waals surface area contributed by atoms with E-state index in [1.165, 1.54) is 0 Å². The van der Waals surface area contributed by atoms with Gasteiger partial charge < -0.3 is 19.9 Å². The lowest BCUT2D eigenvalue weighted by atomic mass is 10.1. The first-order chi connectivity index (χ1) is 8.32. The molecule has 0 saturated heterocycles. The van der Waals surface area contributed by atoms with Crippen molar-refractivity contribution in [2.24, 2.45) is 0 Å². The van der Waals surface area contributed by atoms with Crippen LogP contribution in [0.2, 0.25) is 0 Å². The van der Waals surface area contributed by atoms with Crippen LogP contribution in [0.1, 0.15) is 32.5 Å². The molecule has 5 heteroatoms. The van der Waals surface area contributed by atoms with Crippen molar-refractivity contribution in [3.8, 4) is 0 Å². The Morgan fingerprint density at radius 3 is 2.72 bits per heavy atom. The monoisotopic (exact) mass is 254 g/mol. The van der Waals surface area contributed by atoms with E-state index in [2.05, 4.69) is 28.7 Å². The molecule has 18 heavy (non-hydrogen) atoms. The minimum atomic E-state index is -0.716. The van der Waals surface area contributed by atoms with Crippen LogP contribution in [-0.4, -0.2) is 52.3 Å². The van der Waals surface area contributed by atoms with Crippen molar-refractivity contribution < 1.29 is 5.11 Å². The second-order valence-electron chi connectivity index (χ2n) is 5.72. The highest BCUT2D eigenvalue weighted by molar-refractivity contribution is 4.99. The predicted octanol–water partition coefficient (Wildman–Crippen LogP) is 0.866. The SMILES string of the molecule is CC(C)n1cncc1CNCC(C)(O)CN(C)C. The smallest absolute Gasteiger partial charge is 0.0951 e. The summed E-state index contributed by atoms with van der Waals surface area (Å²) in [6.45, 7) is 8.04. The van der Waals surface area contributed by atoms with E-state index in [1.807, 2.05) is 38.4 Å². The van der Waals surface area contributed by atoms with Gasteiger partial charge in [0.05, 0.1) is 17.6 Å². The zero-order chi connectivity index (χ0) is 13.8. The first-order valence-corrected chi connectivity index (χ1v) is 6.40. The third kappa shape index (κ3) is 4.76. The van der Waals surface area contributed by atoms with E-state index in [1.54, 1.807) is 0 Å². The molecule has 1 atom stereocenters. The van der Waals surface area contributed by atoms with Gasteiger partial charge in [-0.2, -0.15) is 0 Å². The van der Waals surface area contributed by atoms with Crippen LogP contribution in [0, 0.1) is 0 Å². The molecule has 0 aliphatic heterocycles. The van der Waals surface area contributed by atoms with Gasteiger partial charge in [0, 0.05) is 31.9 Å². The number of hydrogen-bond donors (Lipinski definition) is 2. The van der Waals surface area contributed by atoms with E-state index in [9.17, 15) is 5.11 Å². The molecular formula is C13H26N4O. The Kier molecular flexibility index (Phi) is 5.31. The number of hydrogen-bond acceptors (Lipinski definition) is 4. The Morgan fingerprint density at radius 2 is 2.17 bits per heavy atom. The lowest BCUT2D eigenvalue weighted by Gasteiger charge is -2.27. The molecule has 0 spiro atoms. The summed E-state index contributed by atoms with van der Waals surface area (Å²) in [6.07, 6.45) is 3.72. The van der Waals surface area contributed by atoms with Crippen LogP contribution in [0.15, 0.2) is 12.5 Å². The number of likely N-dealkylation sites (N-methyl/N-ethyl adjacent to an activating group) is 1. The number of aliphatic hydroxyl groups is 1. The van der Waals surface area contributed by atoms with Crippen molar-refractivity contribution in [1.29, 1.82) is 0 Å². The third-order valence-corrected chi connectivity index (χ3v) is 2.77. The summed E-state index contributed by atoms with van der Waals surface area (Å²) < 4.78 is 2.13. The van der Waals surface area contributed by atoms with Gasteiger partial charge in [0.1, 0.15) is 0 Å². The second kappa shape index (κ2) is 6.31. The van der Waals surface area contributed by atoms with Gasteiger partial charge in [0.25, 0.3) is 0 Å². The quantitative estimate of drug-likeness (QED) is 0.758. The summed E-state index contributed by atoms with van der Waals surface area (Å²) in [7, 11) is 3.92. The number of imidazole rings is 1. The largest absolute Gasteiger partial charge is 0.388 e. The minimum Gasteiger partial charge on any atom is -0.388 e. The van der Waals surface area contributed by atoms with Gasteiger partial charge >= 0.3 is 0 Å². The Bertz CT molecular complexity index is 358. The number of nitrogens with zero attached hydrogens (tertiary/aromatic N) is 3. The molecule has 0 aromatic carbocycles. The molecule has 0 amide bonds. The van der Waals surface area contributed by atoms with E-state index in [0.29, 0.717) is 19.1 Å². The van der Waals surface area contributed by atoms with Crippen LogP contribution in [0.4, 0.5) is 0 Å². The Morgan fingerprint density at radius 1 is 1.50 bits per heavy atom. The molecule has 104 valence electrons. The summed E-state index contributed by atoms with van der Waals surface area (Å²) >= 11 is 0. The van der Waals surface area contributed by atoms with Crippen LogP contribution >= 0.6 is 0 Å². The normalized spacial score (nSPS) is 15.3. The van der Waals surface area contributed by atoms with Crippen molar-refractivity contribution in [3.05, 3.63) is 18.2 Å². The summed E-state index contributed by atoms with van der Waals surface area (Å²) in [4.78, 5) is 6.15.